The Kier molecular flexibility index (Phi) is 5.15. The topological polar surface area (TPSA) is 63.5 Å². The summed E-state index contributed by atoms with van der Waals surface area (Å²) in [5.41, 5.74) is 0.996. The lowest BCUT2D eigenvalue weighted by Crippen LogP contribution is -2.23. The maximum Gasteiger partial charge on any atom is 0.269 e. The van der Waals surface area contributed by atoms with Crippen molar-refractivity contribution in [3.8, 4) is 0 Å². The van der Waals surface area contributed by atoms with Gasteiger partial charge < -0.3 is 4.90 Å². The minimum atomic E-state index is -0.404. The minimum absolute atomic E-state index is 0.0282. The highest BCUT2D eigenvalue weighted by Gasteiger charge is 2.12. The molecule has 0 N–H and O–H groups in total. The summed E-state index contributed by atoms with van der Waals surface area (Å²) in [6.07, 6.45) is 0.709. The highest BCUT2D eigenvalue weighted by Crippen LogP contribution is 2.27. The highest BCUT2D eigenvalue weighted by atomic mass is 32.2. The van der Waals surface area contributed by atoms with Gasteiger partial charge in [0.15, 0.2) is 0 Å². The highest BCUT2D eigenvalue weighted by molar-refractivity contribution is 8.00. The Labute approximate surface area is 110 Å². The van der Waals surface area contributed by atoms with Gasteiger partial charge in [0.2, 0.25) is 5.91 Å². The molecule has 0 heterocycles. The molecule has 6 heteroatoms. The SMILES string of the molecule is CCc1cc([N+](=O)[O-])ccc1SCC(=O)N(C)C. The van der Waals surface area contributed by atoms with E-state index in [1.807, 2.05) is 6.92 Å². The molecule has 0 spiro atoms. The molecule has 18 heavy (non-hydrogen) atoms. The summed E-state index contributed by atoms with van der Waals surface area (Å²) in [7, 11) is 3.42. The van der Waals surface area contributed by atoms with Crippen molar-refractivity contribution in [1.82, 2.24) is 4.90 Å². The number of nitrogens with zero attached hydrogens (tertiary/aromatic N) is 2. The van der Waals surface area contributed by atoms with Gasteiger partial charge in [0.25, 0.3) is 5.69 Å². The summed E-state index contributed by atoms with van der Waals surface area (Å²) in [6, 6.07) is 4.76. The summed E-state index contributed by atoms with van der Waals surface area (Å²) >= 11 is 1.41. The number of non-ortho nitro benzene ring substituents is 1. The second kappa shape index (κ2) is 6.39. The molecule has 0 bridgehead atoms. The Hall–Kier alpha value is -1.56. The average molecular weight is 268 g/mol. The molecule has 0 radical (unpaired) electrons. The van der Waals surface area contributed by atoms with Crippen LogP contribution in [0, 0.1) is 10.1 Å². The number of carbonyl (C=O) groups excluding carboxylic acids is 1. The third kappa shape index (κ3) is 3.73. The summed E-state index contributed by atoms with van der Waals surface area (Å²) in [6.45, 7) is 1.94. The van der Waals surface area contributed by atoms with E-state index in [0.29, 0.717) is 12.2 Å². The quantitative estimate of drug-likeness (QED) is 0.467. The van der Waals surface area contributed by atoms with Crippen LogP contribution in [-0.2, 0) is 11.2 Å². The number of thioether (sulfide) groups is 1. The molecular weight excluding hydrogens is 252 g/mol. The van der Waals surface area contributed by atoms with Crippen LogP contribution in [0.5, 0.6) is 0 Å². The fraction of sp³-hybridized carbons (Fsp3) is 0.417. The second-order valence-corrected chi connectivity index (χ2v) is 5.00. The van der Waals surface area contributed by atoms with E-state index in [2.05, 4.69) is 0 Å². The van der Waals surface area contributed by atoms with Crippen molar-refractivity contribution in [3.05, 3.63) is 33.9 Å². The molecule has 1 aromatic rings. The Morgan fingerprint density at radius 3 is 2.61 bits per heavy atom. The first-order valence-electron chi connectivity index (χ1n) is 5.56. The first kappa shape index (κ1) is 14.5. The fourth-order valence-electron chi connectivity index (χ4n) is 1.37. The van der Waals surface area contributed by atoms with Crippen LogP contribution in [0.2, 0.25) is 0 Å². The number of rotatable bonds is 5. The number of benzene rings is 1. The standard InChI is InChI=1S/C12H16N2O3S/c1-4-9-7-10(14(16)17)5-6-11(9)18-8-12(15)13(2)3/h5-7H,4,8H2,1-3H3. The van der Waals surface area contributed by atoms with Crippen LogP contribution in [0.4, 0.5) is 5.69 Å². The summed E-state index contributed by atoms with van der Waals surface area (Å²) < 4.78 is 0. The van der Waals surface area contributed by atoms with Crippen molar-refractivity contribution in [3.63, 3.8) is 0 Å². The molecule has 0 aliphatic carbocycles. The number of aryl methyl sites for hydroxylation is 1. The van der Waals surface area contributed by atoms with Crippen LogP contribution in [-0.4, -0.2) is 35.6 Å². The van der Waals surface area contributed by atoms with E-state index in [0.717, 1.165) is 10.5 Å². The third-order valence-electron chi connectivity index (χ3n) is 2.49. The van der Waals surface area contributed by atoms with Gasteiger partial charge in [-0.05, 0) is 18.1 Å². The van der Waals surface area contributed by atoms with Gasteiger partial charge >= 0.3 is 0 Å². The zero-order valence-electron chi connectivity index (χ0n) is 10.7. The van der Waals surface area contributed by atoms with Crippen LogP contribution in [0.1, 0.15) is 12.5 Å². The predicted molar refractivity (Wildman–Crippen MR) is 71.9 cm³/mol. The molecule has 5 nitrogen and oxygen atoms in total. The number of hydrogen-bond donors (Lipinski definition) is 0. The Morgan fingerprint density at radius 2 is 2.11 bits per heavy atom. The van der Waals surface area contributed by atoms with E-state index in [1.165, 1.54) is 22.7 Å². The molecule has 1 amide bonds. The molecule has 0 aliphatic rings. The summed E-state index contributed by atoms with van der Waals surface area (Å²) in [5.74, 6) is 0.373. The van der Waals surface area contributed by atoms with Gasteiger partial charge in [-0.3, -0.25) is 14.9 Å². The summed E-state index contributed by atoms with van der Waals surface area (Å²) in [4.78, 5) is 24.2. The van der Waals surface area contributed by atoms with Crippen molar-refractivity contribution in [2.24, 2.45) is 0 Å². The average Bonchev–Trinajstić information content (AvgIpc) is 2.35. The number of nitro benzene ring substituents is 1. The number of hydrogen-bond acceptors (Lipinski definition) is 4. The molecular formula is C12H16N2O3S. The van der Waals surface area contributed by atoms with Crippen molar-refractivity contribution >= 4 is 23.4 Å². The lowest BCUT2D eigenvalue weighted by molar-refractivity contribution is -0.385. The molecule has 0 saturated carbocycles. The van der Waals surface area contributed by atoms with Gasteiger partial charge in [-0.2, -0.15) is 0 Å². The molecule has 0 aliphatic heterocycles. The molecule has 1 aromatic carbocycles. The first-order chi connectivity index (χ1) is 8.45. The molecule has 0 unspecified atom stereocenters. The van der Waals surface area contributed by atoms with Crippen LogP contribution in [0.15, 0.2) is 23.1 Å². The van der Waals surface area contributed by atoms with Gasteiger partial charge in [0.05, 0.1) is 10.7 Å². The second-order valence-electron chi connectivity index (χ2n) is 3.98. The maximum atomic E-state index is 11.5. The van der Waals surface area contributed by atoms with Gasteiger partial charge in [-0.1, -0.05) is 6.92 Å². The molecule has 98 valence electrons. The van der Waals surface area contributed by atoms with Crippen LogP contribution in [0.3, 0.4) is 0 Å². The molecule has 0 aromatic heterocycles. The molecule has 0 fully saturated rings. The van der Waals surface area contributed by atoms with Crippen LogP contribution < -0.4 is 0 Å². The van der Waals surface area contributed by atoms with Gasteiger partial charge in [0.1, 0.15) is 0 Å². The monoisotopic (exact) mass is 268 g/mol. The largest absolute Gasteiger partial charge is 0.348 e. The zero-order valence-corrected chi connectivity index (χ0v) is 11.5. The van der Waals surface area contributed by atoms with Crippen molar-refractivity contribution in [2.75, 3.05) is 19.8 Å². The van der Waals surface area contributed by atoms with Crippen molar-refractivity contribution < 1.29 is 9.72 Å². The maximum absolute atomic E-state index is 11.5. The number of nitro groups is 1. The van der Waals surface area contributed by atoms with E-state index in [1.54, 1.807) is 26.2 Å². The van der Waals surface area contributed by atoms with E-state index < -0.39 is 4.92 Å². The Bertz CT molecular complexity index is 461. The lowest BCUT2D eigenvalue weighted by atomic mass is 10.1. The van der Waals surface area contributed by atoms with E-state index >= 15 is 0 Å². The van der Waals surface area contributed by atoms with Crippen molar-refractivity contribution in [1.29, 1.82) is 0 Å². The first-order valence-corrected chi connectivity index (χ1v) is 6.54. The van der Waals surface area contributed by atoms with Crippen LogP contribution in [0.25, 0.3) is 0 Å². The van der Waals surface area contributed by atoms with Gasteiger partial charge in [-0.15, -0.1) is 11.8 Å². The molecule has 1 rings (SSSR count). The van der Waals surface area contributed by atoms with E-state index in [4.69, 9.17) is 0 Å². The van der Waals surface area contributed by atoms with Gasteiger partial charge in [-0.25, -0.2) is 0 Å². The Balaban J connectivity index is 2.83. The van der Waals surface area contributed by atoms with Crippen LogP contribution >= 0.6 is 11.8 Å². The molecule has 0 saturated heterocycles. The lowest BCUT2D eigenvalue weighted by Gasteiger charge is -2.11. The predicted octanol–water partition coefficient (Wildman–Crippen LogP) is 2.34. The number of carbonyl (C=O) groups is 1. The number of amides is 1. The zero-order chi connectivity index (χ0) is 13.7. The third-order valence-corrected chi connectivity index (χ3v) is 3.59. The van der Waals surface area contributed by atoms with E-state index in [9.17, 15) is 14.9 Å². The smallest absolute Gasteiger partial charge is 0.269 e. The fourth-order valence-corrected chi connectivity index (χ4v) is 2.46. The van der Waals surface area contributed by atoms with E-state index in [-0.39, 0.29) is 11.6 Å². The van der Waals surface area contributed by atoms with Gasteiger partial charge in [0, 0.05) is 31.1 Å². The summed E-state index contributed by atoms with van der Waals surface area (Å²) in [5, 5.41) is 10.7. The molecule has 0 atom stereocenters. The Morgan fingerprint density at radius 1 is 1.44 bits per heavy atom. The normalized spacial score (nSPS) is 10.2. The van der Waals surface area contributed by atoms with Crippen molar-refractivity contribution in [2.45, 2.75) is 18.2 Å². The minimum Gasteiger partial charge on any atom is -0.348 e.